The molecule has 1 aromatic carbocycles. The van der Waals surface area contributed by atoms with Gasteiger partial charge in [0.15, 0.2) is 0 Å². The van der Waals surface area contributed by atoms with Crippen LogP contribution in [0.2, 0.25) is 0 Å². The average Bonchev–Trinajstić information content (AvgIpc) is 3.19. The zero-order chi connectivity index (χ0) is 14.2. The highest BCUT2D eigenvalue weighted by atomic mass is 32.1. The molecule has 0 unspecified atom stereocenters. The van der Waals surface area contributed by atoms with Crippen molar-refractivity contribution < 1.29 is 0 Å². The van der Waals surface area contributed by atoms with E-state index < -0.39 is 0 Å². The zero-order valence-electron chi connectivity index (χ0n) is 10.7. The number of thiazole rings is 2. The molecule has 3 aromatic heterocycles. The Hall–Kier alpha value is -2.38. The average molecular weight is 311 g/mol. The second-order valence-electron chi connectivity index (χ2n) is 4.32. The molecule has 2 N–H and O–H groups in total. The van der Waals surface area contributed by atoms with Crippen LogP contribution < -0.4 is 5.73 Å². The van der Waals surface area contributed by atoms with Gasteiger partial charge < -0.3 is 5.73 Å². The van der Waals surface area contributed by atoms with Crippen LogP contribution in [0.25, 0.3) is 32.0 Å². The normalized spacial score (nSPS) is 11.0. The Balaban J connectivity index is 2.11. The lowest BCUT2D eigenvalue weighted by Crippen LogP contribution is -1.96. The van der Waals surface area contributed by atoms with Crippen LogP contribution in [0.3, 0.4) is 0 Å². The molecule has 0 saturated heterocycles. The summed E-state index contributed by atoms with van der Waals surface area (Å²) in [6.45, 7) is 0. The Bertz CT molecular complexity index is 901. The smallest absolute Gasteiger partial charge is 0.220 e. The number of fused-ring (bicyclic) bond motifs is 1. The van der Waals surface area contributed by atoms with E-state index in [1.807, 2.05) is 22.9 Å². The van der Waals surface area contributed by atoms with Crippen molar-refractivity contribution in [1.29, 1.82) is 0 Å². The van der Waals surface area contributed by atoms with E-state index in [1.165, 1.54) is 0 Å². The number of nitrogens with zero attached hydrogens (tertiary/aromatic N) is 4. The standard InChI is InChI=1S/C14H9N5S2/c15-14-18-7-9-10(19-14)2-1-8(12-16-3-5-20-12)11(9)13-17-4-6-21-13/h1-7H,(H2,15,18,19). The van der Waals surface area contributed by atoms with Crippen molar-refractivity contribution in [2.24, 2.45) is 0 Å². The van der Waals surface area contributed by atoms with Gasteiger partial charge in [0.1, 0.15) is 10.0 Å². The number of hydrogen-bond donors (Lipinski definition) is 1. The van der Waals surface area contributed by atoms with Crippen molar-refractivity contribution in [3.8, 4) is 21.1 Å². The molecule has 3 heterocycles. The highest BCUT2D eigenvalue weighted by Crippen LogP contribution is 2.38. The number of nitrogens with two attached hydrogens (primary N) is 1. The summed E-state index contributed by atoms with van der Waals surface area (Å²) >= 11 is 3.18. The van der Waals surface area contributed by atoms with Crippen molar-refractivity contribution in [2.75, 3.05) is 5.73 Å². The van der Waals surface area contributed by atoms with Gasteiger partial charge >= 0.3 is 0 Å². The fraction of sp³-hybridized carbons (Fsp3) is 0. The third-order valence-corrected chi connectivity index (χ3v) is 4.69. The van der Waals surface area contributed by atoms with Crippen molar-refractivity contribution in [3.05, 3.63) is 41.5 Å². The molecule has 4 rings (SSSR count). The summed E-state index contributed by atoms with van der Waals surface area (Å²) in [6.07, 6.45) is 5.35. The largest absolute Gasteiger partial charge is 0.368 e. The SMILES string of the molecule is Nc1ncc2c(-c3nccs3)c(-c3nccs3)ccc2n1. The second-order valence-corrected chi connectivity index (χ2v) is 6.11. The van der Waals surface area contributed by atoms with Gasteiger partial charge in [-0.05, 0) is 12.1 Å². The molecule has 0 fully saturated rings. The lowest BCUT2D eigenvalue weighted by atomic mass is 10.0. The quantitative estimate of drug-likeness (QED) is 0.613. The molecular weight excluding hydrogens is 302 g/mol. The van der Waals surface area contributed by atoms with Crippen molar-refractivity contribution in [1.82, 2.24) is 19.9 Å². The van der Waals surface area contributed by atoms with Crippen LogP contribution in [0.4, 0.5) is 5.95 Å². The Kier molecular flexibility index (Phi) is 2.87. The summed E-state index contributed by atoms with van der Waals surface area (Å²) in [6, 6.07) is 3.96. The van der Waals surface area contributed by atoms with Crippen LogP contribution in [0.1, 0.15) is 0 Å². The molecule has 0 spiro atoms. The minimum atomic E-state index is 0.273. The molecule has 21 heavy (non-hydrogen) atoms. The minimum Gasteiger partial charge on any atom is -0.368 e. The molecule has 7 heteroatoms. The number of hydrogen-bond acceptors (Lipinski definition) is 7. The maximum absolute atomic E-state index is 5.68. The van der Waals surface area contributed by atoms with E-state index >= 15 is 0 Å². The lowest BCUT2D eigenvalue weighted by Gasteiger charge is -2.09. The summed E-state index contributed by atoms with van der Waals surface area (Å²) in [7, 11) is 0. The van der Waals surface area contributed by atoms with Crippen LogP contribution >= 0.6 is 22.7 Å². The first-order valence-corrected chi connectivity index (χ1v) is 7.94. The molecule has 102 valence electrons. The van der Waals surface area contributed by atoms with E-state index in [1.54, 1.807) is 41.3 Å². The monoisotopic (exact) mass is 311 g/mol. The fourth-order valence-corrected chi connectivity index (χ4v) is 3.61. The Labute approximate surface area is 128 Å². The van der Waals surface area contributed by atoms with Gasteiger partial charge in [0, 0.05) is 45.9 Å². The lowest BCUT2D eigenvalue weighted by molar-refractivity contribution is 1.24. The number of aromatic nitrogens is 4. The highest BCUT2D eigenvalue weighted by molar-refractivity contribution is 7.14. The van der Waals surface area contributed by atoms with Gasteiger partial charge in [-0.3, -0.25) is 0 Å². The van der Waals surface area contributed by atoms with Gasteiger partial charge in [0.25, 0.3) is 0 Å². The van der Waals surface area contributed by atoms with Crippen LogP contribution in [-0.2, 0) is 0 Å². The minimum absolute atomic E-state index is 0.273. The van der Waals surface area contributed by atoms with Crippen LogP contribution in [0, 0.1) is 0 Å². The molecule has 0 aliphatic carbocycles. The number of benzene rings is 1. The topological polar surface area (TPSA) is 77.6 Å². The molecule has 0 saturated carbocycles. The van der Waals surface area contributed by atoms with Gasteiger partial charge in [-0.1, -0.05) is 0 Å². The maximum atomic E-state index is 5.68. The van der Waals surface area contributed by atoms with E-state index in [0.29, 0.717) is 0 Å². The summed E-state index contributed by atoms with van der Waals surface area (Å²) in [5, 5.41) is 6.74. The van der Waals surface area contributed by atoms with Gasteiger partial charge in [-0.2, -0.15) is 0 Å². The van der Waals surface area contributed by atoms with E-state index in [-0.39, 0.29) is 5.95 Å². The molecular formula is C14H9N5S2. The Morgan fingerprint density at radius 2 is 1.67 bits per heavy atom. The third-order valence-electron chi connectivity index (χ3n) is 3.09. The Morgan fingerprint density at radius 3 is 2.38 bits per heavy atom. The van der Waals surface area contributed by atoms with E-state index in [4.69, 9.17) is 5.73 Å². The van der Waals surface area contributed by atoms with Gasteiger partial charge in [0.05, 0.1) is 5.52 Å². The van der Waals surface area contributed by atoms with Crippen LogP contribution in [0.15, 0.2) is 41.5 Å². The summed E-state index contributed by atoms with van der Waals surface area (Å²) in [5.74, 6) is 0.273. The Morgan fingerprint density at radius 1 is 0.905 bits per heavy atom. The molecule has 5 nitrogen and oxygen atoms in total. The third kappa shape index (κ3) is 2.07. The van der Waals surface area contributed by atoms with Gasteiger partial charge in [0.2, 0.25) is 5.95 Å². The molecule has 0 aliphatic heterocycles. The van der Waals surface area contributed by atoms with E-state index in [2.05, 4.69) is 19.9 Å². The predicted octanol–water partition coefficient (Wildman–Crippen LogP) is 3.46. The molecule has 0 radical (unpaired) electrons. The van der Waals surface area contributed by atoms with Crippen LogP contribution in [-0.4, -0.2) is 19.9 Å². The number of anilines is 1. The fourth-order valence-electron chi connectivity index (χ4n) is 2.23. The highest BCUT2D eigenvalue weighted by Gasteiger charge is 2.16. The molecule has 0 atom stereocenters. The first-order valence-electron chi connectivity index (χ1n) is 6.18. The zero-order valence-corrected chi connectivity index (χ0v) is 12.4. The van der Waals surface area contributed by atoms with Crippen LogP contribution in [0.5, 0.6) is 0 Å². The second kappa shape index (κ2) is 4.87. The summed E-state index contributed by atoms with van der Waals surface area (Å²) in [5.41, 5.74) is 8.55. The summed E-state index contributed by atoms with van der Waals surface area (Å²) in [4.78, 5) is 17.3. The number of rotatable bonds is 2. The predicted molar refractivity (Wildman–Crippen MR) is 86.2 cm³/mol. The first kappa shape index (κ1) is 12.4. The van der Waals surface area contributed by atoms with E-state index in [0.717, 1.165) is 32.0 Å². The van der Waals surface area contributed by atoms with Crippen molar-refractivity contribution in [2.45, 2.75) is 0 Å². The summed E-state index contributed by atoms with van der Waals surface area (Å²) < 4.78 is 0. The molecule has 0 aliphatic rings. The molecule has 0 amide bonds. The first-order chi connectivity index (χ1) is 10.3. The van der Waals surface area contributed by atoms with Crippen molar-refractivity contribution >= 4 is 39.5 Å². The maximum Gasteiger partial charge on any atom is 0.220 e. The molecule has 0 bridgehead atoms. The molecule has 4 aromatic rings. The van der Waals surface area contributed by atoms with Gasteiger partial charge in [-0.15, -0.1) is 22.7 Å². The van der Waals surface area contributed by atoms with Crippen molar-refractivity contribution in [3.63, 3.8) is 0 Å². The number of nitrogen functional groups attached to an aromatic ring is 1. The van der Waals surface area contributed by atoms with Gasteiger partial charge in [-0.25, -0.2) is 19.9 Å². The van der Waals surface area contributed by atoms with E-state index in [9.17, 15) is 0 Å².